The summed E-state index contributed by atoms with van der Waals surface area (Å²) in [6, 6.07) is 12.8. The number of rotatable bonds is 4. The van der Waals surface area contributed by atoms with Crippen LogP contribution in [0.25, 0.3) is 11.0 Å². The first-order valence-electron chi connectivity index (χ1n) is 8.02. The Morgan fingerprint density at radius 1 is 1.16 bits per heavy atom. The monoisotopic (exact) mass is 337 g/mol. The second-order valence-corrected chi connectivity index (χ2v) is 6.09. The van der Waals surface area contributed by atoms with Crippen molar-refractivity contribution >= 4 is 16.9 Å². The van der Waals surface area contributed by atoms with E-state index in [1.165, 1.54) is 0 Å². The number of phenols is 1. The van der Waals surface area contributed by atoms with E-state index < -0.39 is 5.63 Å². The molecule has 25 heavy (non-hydrogen) atoms. The summed E-state index contributed by atoms with van der Waals surface area (Å²) in [7, 11) is 0. The van der Waals surface area contributed by atoms with E-state index >= 15 is 0 Å². The highest BCUT2D eigenvalue weighted by Crippen LogP contribution is 2.29. The number of hydrogen-bond donors (Lipinski definition) is 2. The lowest BCUT2D eigenvalue weighted by Crippen LogP contribution is -2.27. The highest BCUT2D eigenvalue weighted by molar-refractivity contribution is 5.89. The van der Waals surface area contributed by atoms with E-state index in [-0.39, 0.29) is 23.6 Å². The van der Waals surface area contributed by atoms with E-state index in [1.807, 2.05) is 30.3 Å². The van der Waals surface area contributed by atoms with Crippen molar-refractivity contribution < 1.29 is 14.3 Å². The third-order valence-corrected chi connectivity index (χ3v) is 4.17. The number of amides is 1. The number of fused-ring (bicyclic) bond motifs is 1. The van der Waals surface area contributed by atoms with Gasteiger partial charge < -0.3 is 14.8 Å². The zero-order chi connectivity index (χ0) is 18.0. The van der Waals surface area contributed by atoms with Gasteiger partial charge in [-0.15, -0.1) is 0 Å². The zero-order valence-corrected chi connectivity index (χ0v) is 14.1. The summed E-state index contributed by atoms with van der Waals surface area (Å²) in [5.41, 5.74) is 2.38. The van der Waals surface area contributed by atoms with Crippen LogP contribution in [0.4, 0.5) is 0 Å². The third-order valence-electron chi connectivity index (χ3n) is 4.17. The molecule has 0 aliphatic rings. The number of hydrogen-bond acceptors (Lipinski definition) is 4. The number of nitrogens with one attached hydrogen (secondary N) is 1. The van der Waals surface area contributed by atoms with Crippen LogP contribution in [0.3, 0.4) is 0 Å². The number of carbonyl (C=O) groups excluding carboxylic acids is 1. The van der Waals surface area contributed by atoms with E-state index in [1.54, 1.807) is 26.0 Å². The third kappa shape index (κ3) is 3.55. The first kappa shape index (κ1) is 16.8. The molecule has 0 atom stereocenters. The molecule has 0 fully saturated rings. The molecular formula is C20H19NO4. The molecule has 0 aliphatic heterocycles. The van der Waals surface area contributed by atoms with Crippen LogP contribution in [0.15, 0.2) is 51.7 Å². The predicted molar refractivity (Wildman–Crippen MR) is 95.6 cm³/mol. The van der Waals surface area contributed by atoms with Crippen molar-refractivity contribution in [3.05, 3.63) is 75.1 Å². The van der Waals surface area contributed by atoms with Gasteiger partial charge >= 0.3 is 5.63 Å². The zero-order valence-electron chi connectivity index (χ0n) is 14.1. The molecule has 3 aromatic rings. The predicted octanol–water partition coefficient (Wildman–Crippen LogP) is 2.97. The average Bonchev–Trinajstić information content (AvgIpc) is 2.57. The van der Waals surface area contributed by atoms with Gasteiger partial charge in [-0.1, -0.05) is 30.3 Å². The number of aromatic hydroxyl groups is 1. The van der Waals surface area contributed by atoms with Crippen LogP contribution in [0, 0.1) is 13.8 Å². The molecule has 0 radical (unpaired) electrons. The van der Waals surface area contributed by atoms with Crippen molar-refractivity contribution in [1.29, 1.82) is 0 Å². The Labute approximate surface area is 144 Å². The van der Waals surface area contributed by atoms with Gasteiger partial charge in [0.1, 0.15) is 11.3 Å². The molecule has 1 aromatic heterocycles. The highest BCUT2D eigenvalue weighted by Gasteiger charge is 2.17. The first-order chi connectivity index (χ1) is 12.0. The fourth-order valence-corrected chi connectivity index (χ4v) is 2.88. The van der Waals surface area contributed by atoms with Crippen molar-refractivity contribution in [1.82, 2.24) is 5.32 Å². The van der Waals surface area contributed by atoms with Crippen LogP contribution in [-0.4, -0.2) is 11.0 Å². The Balaban J connectivity index is 1.86. The van der Waals surface area contributed by atoms with Gasteiger partial charge in [0, 0.05) is 6.54 Å². The average molecular weight is 337 g/mol. The lowest BCUT2D eigenvalue weighted by atomic mass is 10.0. The molecule has 0 spiro atoms. The van der Waals surface area contributed by atoms with Gasteiger partial charge in [-0.05, 0) is 42.7 Å². The number of carbonyl (C=O) groups is 1. The normalized spacial score (nSPS) is 10.8. The van der Waals surface area contributed by atoms with E-state index in [0.717, 1.165) is 11.1 Å². The van der Waals surface area contributed by atoms with Crippen LogP contribution in [0.1, 0.15) is 22.3 Å². The molecule has 0 aliphatic carbocycles. The van der Waals surface area contributed by atoms with Gasteiger partial charge in [0.05, 0.1) is 17.4 Å². The maximum atomic E-state index is 12.3. The second kappa shape index (κ2) is 6.81. The lowest BCUT2D eigenvalue weighted by Gasteiger charge is -2.10. The molecule has 128 valence electrons. The van der Waals surface area contributed by atoms with Gasteiger partial charge in [0.25, 0.3) is 0 Å². The fourth-order valence-electron chi connectivity index (χ4n) is 2.88. The summed E-state index contributed by atoms with van der Waals surface area (Å²) in [5.74, 6) is -0.229. The minimum atomic E-state index is -0.551. The summed E-state index contributed by atoms with van der Waals surface area (Å²) in [5, 5.41) is 13.4. The van der Waals surface area contributed by atoms with Crippen molar-refractivity contribution in [3.63, 3.8) is 0 Å². The van der Waals surface area contributed by atoms with Crippen LogP contribution >= 0.6 is 0 Å². The van der Waals surface area contributed by atoms with E-state index in [4.69, 9.17) is 4.42 Å². The molecule has 2 aromatic carbocycles. The number of aryl methyl sites for hydroxylation is 2. The van der Waals surface area contributed by atoms with Crippen molar-refractivity contribution in [2.45, 2.75) is 26.8 Å². The minimum absolute atomic E-state index is 0.0437. The maximum absolute atomic E-state index is 12.3. The van der Waals surface area contributed by atoms with Crippen LogP contribution in [-0.2, 0) is 17.8 Å². The van der Waals surface area contributed by atoms with E-state index in [9.17, 15) is 14.7 Å². The minimum Gasteiger partial charge on any atom is -0.507 e. The molecular weight excluding hydrogens is 318 g/mol. The van der Waals surface area contributed by atoms with Crippen molar-refractivity contribution in [2.24, 2.45) is 0 Å². The number of phenolic OH excluding ortho intramolecular Hbond substituents is 1. The quantitative estimate of drug-likeness (QED) is 0.717. The largest absolute Gasteiger partial charge is 0.507 e. The second-order valence-electron chi connectivity index (χ2n) is 6.09. The molecule has 0 saturated carbocycles. The van der Waals surface area contributed by atoms with Crippen LogP contribution < -0.4 is 10.9 Å². The Morgan fingerprint density at radius 2 is 1.88 bits per heavy atom. The molecule has 1 heterocycles. The Morgan fingerprint density at radius 3 is 2.60 bits per heavy atom. The molecule has 5 heteroatoms. The molecule has 0 bridgehead atoms. The molecule has 0 saturated heterocycles. The summed E-state index contributed by atoms with van der Waals surface area (Å²) < 4.78 is 5.30. The van der Waals surface area contributed by atoms with Crippen molar-refractivity contribution in [3.8, 4) is 5.75 Å². The molecule has 5 nitrogen and oxygen atoms in total. The molecule has 0 unspecified atom stereocenters. The highest BCUT2D eigenvalue weighted by atomic mass is 16.4. The maximum Gasteiger partial charge on any atom is 0.340 e. The lowest BCUT2D eigenvalue weighted by molar-refractivity contribution is -0.120. The SMILES string of the molecule is Cc1cc(O)c2c(C)c(CC(=O)NCc3ccccc3)c(=O)oc2c1. The fraction of sp³-hybridized carbons (Fsp3) is 0.200. The Bertz CT molecular complexity index is 990. The smallest absolute Gasteiger partial charge is 0.340 e. The van der Waals surface area contributed by atoms with Gasteiger partial charge in [-0.25, -0.2) is 4.79 Å². The van der Waals surface area contributed by atoms with Crippen molar-refractivity contribution in [2.75, 3.05) is 0 Å². The number of benzene rings is 2. The van der Waals surface area contributed by atoms with Gasteiger partial charge in [0.15, 0.2) is 0 Å². The molecule has 1 amide bonds. The van der Waals surface area contributed by atoms with Gasteiger partial charge in [-0.3, -0.25) is 4.79 Å². The summed E-state index contributed by atoms with van der Waals surface area (Å²) in [6.45, 7) is 3.91. The van der Waals surface area contributed by atoms with E-state index in [0.29, 0.717) is 23.1 Å². The molecule has 3 rings (SSSR count). The topological polar surface area (TPSA) is 79.5 Å². The van der Waals surface area contributed by atoms with Gasteiger partial charge in [-0.2, -0.15) is 0 Å². The standard InChI is InChI=1S/C20H19NO4/c1-12-8-16(22)19-13(2)15(20(24)25-17(19)9-12)10-18(23)21-11-14-6-4-3-5-7-14/h3-9,22H,10-11H2,1-2H3,(H,21,23). The summed E-state index contributed by atoms with van der Waals surface area (Å²) in [6.07, 6.45) is -0.0930. The Hall–Kier alpha value is -3.08. The van der Waals surface area contributed by atoms with Crippen LogP contribution in [0.5, 0.6) is 5.75 Å². The van der Waals surface area contributed by atoms with E-state index in [2.05, 4.69) is 5.32 Å². The summed E-state index contributed by atoms with van der Waals surface area (Å²) >= 11 is 0. The Kier molecular flexibility index (Phi) is 4.57. The van der Waals surface area contributed by atoms with Gasteiger partial charge in [0.2, 0.25) is 5.91 Å². The molecule has 2 N–H and O–H groups in total. The first-order valence-corrected chi connectivity index (χ1v) is 8.02. The summed E-state index contributed by atoms with van der Waals surface area (Å²) in [4.78, 5) is 24.5. The van der Waals surface area contributed by atoms with Crippen LogP contribution in [0.2, 0.25) is 0 Å².